The molecular weight excluding hydrogens is 414 g/mol. The number of benzene rings is 2. The molecule has 0 aliphatic carbocycles. The van der Waals surface area contributed by atoms with Crippen molar-refractivity contribution < 1.29 is 4.79 Å². The van der Waals surface area contributed by atoms with Crippen molar-refractivity contribution in [3.8, 4) is 11.3 Å². The number of amides is 1. The van der Waals surface area contributed by atoms with Crippen LogP contribution >= 0.6 is 23.4 Å². The Morgan fingerprint density at radius 2 is 1.83 bits per heavy atom. The van der Waals surface area contributed by atoms with E-state index in [-0.39, 0.29) is 5.91 Å². The van der Waals surface area contributed by atoms with Crippen LogP contribution in [0.1, 0.15) is 35.7 Å². The van der Waals surface area contributed by atoms with Crippen molar-refractivity contribution in [2.24, 2.45) is 5.92 Å². The average molecular weight is 438 g/mol. The Hall–Kier alpha value is -2.37. The predicted molar refractivity (Wildman–Crippen MR) is 123 cm³/mol. The minimum Gasteiger partial charge on any atom is -0.339 e. The first kappa shape index (κ1) is 20.9. The van der Waals surface area contributed by atoms with Crippen LogP contribution in [0.15, 0.2) is 65.7 Å². The van der Waals surface area contributed by atoms with Crippen LogP contribution in [0.3, 0.4) is 0 Å². The second-order valence-electron chi connectivity index (χ2n) is 7.73. The van der Waals surface area contributed by atoms with Crippen LogP contribution in [0, 0.1) is 5.92 Å². The molecule has 154 valence electrons. The van der Waals surface area contributed by atoms with Gasteiger partial charge < -0.3 is 4.90 Å². The Kier molecular flexibility index (Phi) is 6.70. The molecule has 0 saturated carbocycles. The number of carbonyl (C=O) groups excluding carboxylic acids is 1. The molecule has 2 heterocycles. The van der Waals surface area contributed by atoms with Crippen LogP contribution < -0.4 is 0 Å². The van der Waals surface area contributed by atoms with Gasteiger partial charge in [0.25, 0.3) is 5.91 Å². The van der Waals surface area contributed by atoms with Gasteiger partial charge in [0.1, 0.15) is 5.03 Å². The van der Waals surface area contributed by atoms with Gasteiger partial charge in [-0.05, 0) is 60.7 Å². The molecule has 1 saturated heterocycles. The molecule has 0 N–H and O–H groups in total. The fraction of sp³-hybridized carbons (Fsp3) is 0.292. The Morgan fingerprint density at radius 1 is 1.07 bits per heavy atom. The standard InChI is InChI=1S/C24H24ClN3OS/c1-17-11-13-28(14-12-17)24(29)20-4-2-3-18(15-20)16-30-23-10-9-22(26-27-23)19-5-7-21(25)8-6-19/h2-10,15,17H,11-14,16H2,1H3. The lowest BCUT2D eigenvalue weighted by Crippen LogP contribution is -2.37. The van der Waals surface area contributed by atoms with Gasteiger partial charge in [0.15, 0.2) is 0 Å². The molecule has 4 nitrogen and oxygen atoms in total. The number of aromatic nitrogens is 2. The highest BCUT2D eigenvalue weighted by Gasteiger charge is 2.21. The fourth-order valence-corrected chi connectivity index (χ4v) is 4.40. The van der Waals surface area contributed by atoms with E-state index in [0.717, 1.165) is 59.1 Å². The number of thioether (sulfide) groups is 1. The summed E-state index contributed by atoms with van der Waals surface area (Å²) in [5, 5.41) is 10.2. The molecule has 3 aromatic rings. The third-order valence-corrected chi connectivity index (χ3v) is 6.65. The summed E-state index contributed by atoms with van der Waals surface area (Å²) in [5.74, 6) is 1.59. The van der Waals surface area contributed by atoms with Crippen LogP contribution in [0.5, 0.6) is 0 Å². The third kappa shape index (κ3) is 5.21. The molecular formula is C24H24ClN3OS. The van der Waals surface area contributed by atoms with E-state index in [2.05, 4.69) is 23.2 Å². The van der Waals surface area contributed by atoms with Crippen LogP contribution in [-0.4, -0.2) is 34.1 Å². The number of rotatable bonds is 5. The number of piperidine rings is 1. The van der Waals surface area contributed by atoms with Crippen LogP contribution in [0.25, 0.3) is 11.3 Å². The maximum absolute atomic E-state index is 12.8. The molecule has 1 aliphatic rings. The molecule has 1 aliphatic heterocycles. The summed E-state index contributed by atoms with van der Waals surface area (Å²) in [6, 6.07) is 19.4. The molecule has 30 heavy (non-hydrogen) atoms. The monoisotopic (exact) mass is 437 g/mol. The van der Waals surface area contributed by atoms with E-state index >= 15 is 0 Å². The van der Waals surface area contributed by atoms with Crippen molar-refractivity contribution >= 4 is 29.3 Å². The van der Waals surface area contributed by atoms with E-state index in [9.17, 15) is 4.79 Å². The summed E-state index contributed by atoms with van der Waals surface area (Å²) in [4.78, 5) is 14.8. The van der Waals surface area contributed by atoms with Crippen LogP contribution in [-0.2, 0) is 5.75 Å². The molecule has 1 aromatic heterocycles. The van der Waals surface area contributed by atoms with Gasteiger partial charge in [0, 0.05) is 35.0 Å². The lowest BCUT2D eigenvalue weighted by Gasteiger charge is -2.30. The quantitative estimate of drug-likeness (QED) is 0.462. The molecule has 6 heteroatoms. The van der Waals surface area contributed by atoms with E-state index in [1.807, 2.05) is 59.5 Å². The third-order valence-electron chi connectivity index (χ3n) is 5.41. The SMILES string of the molecule is CC1CCN(C(=O)c2cccc(CSc3ccc(-c4ccc(Cl)cc4)nn3)c2)CC1. The summed E-state index contributed by atoms with van der Waals surface area (Å²) >= 11 is 7.56. The lowest BCUT2D eigenvalue weighted by molar-refractivity contribution is 0.0697. The van der Waals surface area contributed by atoms with Gasteiger partial charge in [-0.1, -0.05) is 54.6 Å². The van der Waals surface area contributed by atoms with Crippen molar-refractivity contribution in [2.45, 2.75) is 30.5 Å². The van der Waals surface area contributed by atoms with Gasteiger partial charge >= 0.3 is 0 Å². The summed E-state index contributed by atoms with van der Waals surface area (Å²) in [7, 11) is 0. The van der Waals surface area contributed by atoms with E-state index in [1.165, 1.54) is 0 Å². The Labute approximate surface area is 186 Å². The maximum atomic E-state index is 12.8. The Morgan fingerprint density at radius 3 is 2.53 bits per heavy atom. The lowest BCUT2D eigenvalue weighted by atomic mass is 9.98. The Bertz CT molecular complexity index is 1000. The first-order valence-electron chi connectivity index (χ1n) is 10.2. The highest BCUT2D eigenvalue weighted by molar-refractivity contribution is 7.98. The van der Waals surface area contributed by atoms with Gasteiger partial charge in [0.05, 0.1) is 5.69 Å². The number of hydrogen-bond donors (Lipinski definition) is 0. The summed E-state index contributed by atoms with van der Waals surface area (Å²) in [5.41, 5.74) is 3.69. The minimum absolute atomic E-state index is 0.140. The molecule has 0 unspecified atom stereocenters. The van der Waals surface area contributed by atoms with E-state index in [4.69, 9.17) is 11.6 Å². The average Bonchev–Trinajstić information content (AvgIpc) is 2.79. The van der Waals surface area contributed by atoms with Gasteiger partial charge in [-0.15, -0.1) is 10.2 Å². The van der Waals surface area contributed by atoms with Gasteiger partial charge in [0.2, 0.25) is 0 Å². The zero-order chi connectivity index (χ0) is 20.9. The van der Waals surface area contributed by atoms with E-state index < -0.39 is 0 Å². The summed E-state index contributed by atoms with van der Waals surface area (Å²) < 4.78 is 0. The fourth-order valence-electron chi connectivity index (χ4n) is 3.52. The van der Waals surface area contributed by atoms with E-state index in [0.29, 0.717) is 10.9 Å². The molecule has 1 amide bonds. The molecule has 2 aromatic carbocycles. The highest BCUT2D eigenvalue weighted by Crippen LogP contribution is 2.25. The summed E-state index contributed by atoms with van der Waals surface area (Å²) in [6.45, 7) is 3.97. The number of likely N-dealkylation sites (tertiary alicyclic amines) is 1. The van der Waals surface area contributed by atoms with Gasteiger partial charge in [-0.2, -0.15) is 0 Å². The normalized spacial score (nSPS) is 14.7. The first-order chi connectivity index (χ1) is 14.6. The largest absolute Gasteiger partial charge is 0.339 e. The molecule has 0 bridgehead atoms. The minimum atomic E-state index is 0.140. The van der Waals surface area contributed by atoms with Gasteiger partial charge in [-0.25, -0.2) is 0 Å². The topological polar surface area (TPSA) is 46.1 Å². The van der Waals surface area contributed by atoms with Crippen molar-refractivity contribution in [3.05, 3.63) is 76.8 Å². The first-order valence-corrected chi connectivity index (χ1v) is 11.6. The predicted octanol–water partition coefficient (Wildman–Crippen LogP) is 5.96. The maximum Gasteiger partial charge on any atom is 0.253 e. The zero-order valence-corrected chi connectivity index (χ0v) is 18.5. The smallest absolute Gasteiger partial charge is 0.253 e. The summed E-state index contributed by atoms with van der Waals surface area (Å²) in [6.07, 6.45) is 2.18. The molecule has 4 rings (SSSR count). The second kappa shape index (κ2) is 9.63. The molecule has 0 spiro atoms. The van der Waals surface area contributed by atoms with Gasteiger partial charge in [-0.3, -0.25) is 4.79 Å². The molecule has 0 radical (unpaired) electrons. The van der Waals surface area contributed by atoms with E-state index in [1.54, 1.807) is 11.8 Å². The van der Waals surface area contributed by atoms with Crippen molar-refractivity contribution in [1.29, 1.82) is 0 Å². The molecule has 0 atom stereocenters. The highest BCUT2D eigenvalue weighted by atomic mass is 35.5. The second-order valence-corrected chi connectivity index (χ2v) is 9.16. The van der Waals surface area contributed by atoms with Crippen molar-refractivity contribution in [3.63, 3.8) is 0 Å². The molecule has 1 fully saturated rings. The van der Waals surface area contributed by atoms with Crippen molar-refractivity contribution in [1.82, 2.24) is 15.1 Å². The Balaban J connectivity index is 1.37. The number of hydrogen-bond acceptors (Lipinski definition) is 4. The number of halogens is 1. The zero-order valence-electron chi connectivity index (χ0n) is 16.9. The number of carbonyl (C=O) groups is 1. The van der Waals surface area contributed by atoms with Crippen LogP contribution in [0.2, 0.25) is 5.02 Å². The van der Waals surface area contributed by atoms with Crippen LogP contribution in [0.4, 0.5) is 0 Å². The number of nitrogens with zero attached hydrogens (tertiary/aromatic N) is 3. The van der Waals surface area contributed by atoms with Crippen molar-refractivity contribution in [2.75, 3.05) is 13.1 Å².